The first-order valence-corrected chi connectivity index (χ1v) is 7.62. The third-order valence-electron chi connectivity index (χ3n) is 5.80. The quantitative estimate of drug-likeness (QED) is 0.839. The molecule has 0 radical (unpaired) electrons. The Kier molecular flexibility index (Phi) is 2.51. The molecule has 1 nitrogen and oxygen atoms in total. The standard InChI is InChI=1S/C17H23N/c18-10-11-2-1-3-14(5-11)17-15-6-12-4-13(8-15)9-16(17)7-12/h1-3,5,12-13,15-17H,4,6-10,18H2. The highest BCUT2D eigenvalue weighted by molar-refractivity contribution is 5.29. The lowest BCUT2D eigenvalue weighted by Gasteiger charge is -2.54. The van der Waals surface area contributed by atoms with Crippen molar-refractivity contribution in [1.82, 2.24) is 0 Å². The van der Waals surface area contributed by atoms with Gasteiger partial charge >= 0.3 is 0 Å². The average Bonchev–Trinajstić information content (AvgIpc) is 2.38. The maximum absolute atomic E-state index is 5.79. The van der Waals surface area contributed by atoms with E-state index in [0.29, 0.717) is 6.54 Å². The van der Waals surface area contributed by atoms with Gasteiger partial charge in [-0.25, -0.2) is 0 Å². The van der Waals surface area contributed by atoms with Gasteiger partial charge in [0.2, 0.25) is 0 Å². The zero-order valence-electron chi connectivity index (χ0n) is 11.0. The first-order valence-electron chi connectivity index (χ1n) is 7.62. The Labute approximate surface area is 110 Å². The van der Waals surface area contributed by atoms with Crippen molar-refractivity contribution >= 4 is 0 Å². The largest absolute Gasteiger partial charge is 0.326 e. The van der Waals surface area contributed by atoms with Crippen molar-refractivity contribution in [2.45, 2.75) is 44.6 Å². The molecule has 1 heteroatoms. The summed E-state index contributed by atoms with van der Waals surface area (Å²) in [7, 11) is 0. The molecule has 0 aromatic heterocycles. The second-order valence-corrected chi connectivity index (χ2v) is 6.91. The Morgan fingerprint density at radius 2 is 1.61 bits per heavy atom. The van der Waals surface area contributed by atoms with E-state index in [9.17, 15) is 0 Å². The highest BCUT2D eigenvalue weighted by Crippen LogP contribution is 2.59. The molecule has 4 aliphatic rings. The van der Waals surface area contributed by atoms with Crippen molar-refractivity contribution in [2.24, 2.45) is 29.4 Å². The minimum atomic E-state index is 0.682. The van der Waals surface area contributed by atoms with E-state index >= 15 is 0 Å². The Morgan fingerprint density at radius 3 is 2.22 bits per heavy atom. The molecule has 4 fully saturated rings. The molecule has 4 bridgehead atoms. The SMILES string of the molecule is NCc1cccc(C2C3CC4CC(C3)CC2C4)c1. The number of rotatable bonds is 2. The van der Waals surface area contributed by atoms with Crippen LogP contribution in [0.15, 0.2) is 24.3 Å². The van der Waals surface area contributed by atoms with Crippen LogP contribution in [0, 0.1) is 23.7 Å². The summed E-state index contributed by atoms with van der Waals surface area (Å²) in [5, 5.41) is 0. The maximum atomic E-state index is 5.79. The van der Waals surface area contributed by atoms with E-state index < -0.39 is 0 Å². The van der Waals surface area contributed by atoms with Gasteiger partial charge in [0.05, 0.1) is 0 Å². The molecule has 0 heterocycles. The zero-order valence-corrected chi connectivity index (χ0v) is 11.0. The van der Waals surface area contributed by atoms with E-state index in [1.807, 2.05) is 0 Å². The van der Waals surface area contributed by atoms with Crippen molar-refractivity contribution in [3.63, 3.8) is 0 Å². The fourth-order valence-corrected chi connectivity index (χ4v) is 5.40. The summed E-state index contributed by atoms with van der Waals surface area (Å²) < 4.78 is 0. The van der Waals surface area contributed by atoms with Crippen LogP contribution >= 0.6 is 0 Å². The van der Waals surface area contributed by atoms with Crippen molar-refractivity contribution < 1.29 is 0 Å². The van der Waals surface area contributed by atoms with E-state index in [2.05, 4.69) is 24.3 Å². The lowest BCUT2D eigenvalue weighted by atomic mass is 9.51. The predicted molar refractivity (Wildman–Crippen MR) is 74.1 cm³/mol. The van der Waals surface area contributed by atoms with Gasteiger partial charge < -0.3 is 5.73 Å². The molecule has 0 atom stereocenters. The molecule has 0 spiro atoms. The fraction of sp³-hybridized carbons (Fsp3) is 0.647. The second-order valence-electron chi connectivity index (χ2n) is 6.91. The molecule has 0 unspecified atom stereocenters. The summed E-state index contributed by atoms with van der Waals surface area (Å²) in [5.41, 5.74) is 8.69. The Hall–Kier alpha value is -0.820. The molecular formula is C17H23N. The molecule has 5 rings (SSSR count). The van der Waals surface area contributed by atoms with Gasteiger partial charge in [-0.1, -0.05) is 24.3 Å². The van der Waals surface area contributed by atoms with Gasteiger partial charge in [0, 0.05) is 6.54 Å². The Balaban J connectivity index is 1.68. The second kappa shape index (κ2) is 4.09. The summed E-state index contributed by atoms with van der Waals surface area (Å²) in [4.78, 5) is 0. The van der Waals surface area contributed by atoms with E-state index in [1.54, 1.807) is 12.0 Å². The first kappa shape index (κ1) is 11.0. The van der Waals surface area contributed by atoms with Crippen molar-refractivity contribution in [3.05, 3.63) is 35.4 Å². The summed E-state index contributed by atoms with van der Waals surface area (Å²) in [5.74, 6) is 4.95. The molecule has 4 aliphatic carbocycles. The molecule has 1 aromatic rings. The summed E-state index contributed by atoms with van der Waals surface area (Å²) in [6, 6.07) is 9.11. The third-order valence-corrected chi connectivity index (χ3v) is 5.80. The zero-order chi connectivity index (χ0) is 12.1. The van der Waals surface area contributed by atoms with Crippen LogP contribution in [-0.2, 0) is 6.54 Å². The average molecular weight is 241 g/mol. The number of hydrogen-bond donors (Lipinski definition) is 1. The van der Waals surface area contributed by atoms with E-state index in [-0.39, 0.29) is 0 Å². The van der Waals surface area contributed by atoms with Crippen LogP contribution in [0.25, 0.3) is 0 Å². The number of hydrogen-bond acceptors (Lipinski definition) is 1. The van der Waals surface area contributed by atoms with E-state index in [1.165, 1.54) is 31.2 Å². The van der Waals surface area contributed by atoms with Crippen molar-refractivity contribution in [1.29, 1.82) is 0 Å². The molecule has 2 N–H and O–H groups in total. The van der Waals surface area contributed by atoms with E-state index in [0.717, 1.165) is 29.6 Å². The summed E-state index contributed by atoms with van der Waals surface area (Å²) in [6.45, 7) is 0.682. The maximum Gasteiger partial charge on any atom is 0.0178 e. The Morgan fingerprint density at radius 1 is 0.944 bits per heavy atom. The number of nitrogens with two attached hydrogens (primary N) is 1. The molecule has 0 amide bonds. The normalized spacial score (nSPS) is 41.3. The molecule has 1 aromatic carbocycles. The topological polar surface area (TPSA) is 26.0 Å². The lowest BCUT2D eigenvalue weighted by Crippen LogP contribution is -2.43. The number of benzene rings is 1. The minimum Gasteiger partial charge on any atom is -0.326 e. The van der Waals surface area contributed by atoms with Crippen LogP contribution in [0.5, 0.6) is 0 Å². The van der Waals surface area contributed by atoms with Gasteiger partial charge in [-0.15, -0.1) is 0 Å². The van der Waals surface area contributed by atoms with Crippen LogP contribution in [-0.4, -0.2) is 0 Å². The van der Waals surface area contributed by atoms with E-state index in [4.69, 9.17) is 5.73 Å². The highest BCUT2D eigenvalue weighted by Gasteiger charge is 2.48. The van der Waals surface area contributed by atoms with Crippen molar-refractivity contribution in [3.8, 4) is 0 Å². The highest BCUT2D eigenvalue weighted by atomic mass is 14.5. The van der Waals surface area contributed by atoms with Crippen LogP contribution < -0.4 is 5.73 Å². The molecule has 0 saturated heterocycles. The predicted octanol–water partition coefficient (Wildman–Crippen LogP) is 3.69. The van der Waals surface area contributed by atoms with Gasteiger partial charge in [-0.2, -0.15) is 0 Å². The molecular weight excluding hydrogens is 218 g/mol. The third kappa shape index (κ3) is 1.64. The smallest absolute Gasteiger partial charge is 0.0178 e. The van der Waals surface area contributed by atoms with Gasteiger partial charge in [-0.3, -0.25) is 0 Å². The van der Waals surface area contributed by atoms with Crippen molar-refractivity contribution in [2.75, 3.05) is 0 Å². The molecule has 4 saturated carbocycles. The Bertz CT molecular complexity index is 423. The summed E-state index contributed by atoms with van der Waals surface area (Å²) >= 11 is 0. The van der Waals surface area contributed by atoms with Crippen LogP contribution in [0.2, 0.25) is 0 Å². The van der Waals surface area contributed by atoms with Gasteiger partial charge in [0.15, 0.2) is 0 Å². The van der Waals surface area contributed by atoms with Crippen LogP contribution in [0.4, 0.5) is 0 Å². The fourth-order valence-electron chi connectivity index (χ4n) is 5.40. The first-order chi connectivity index (χ1) is 8.83. The monoisotopic (exact) mass is 241 g/mol. The lowest BCUT2D eigenvalue weighted by molar-refractivity contribution is -0.00279. The van der Waals surface area contributed by atoms with Gasteiger partial charge in [0.25, 0.3) is 0 Å². The van der Waals surface area contributed by atoms with Gasteiger partial charge in [-0.05, 0) is 72.8 Å². The molecule has 96 valence electrons. The van der Waals surface area contributed by atoms with Crippen LogP contribution in [0.1, 0.15) is 49.1 Å². The summed E-state index contributed by atoms with van der Waals surface area (Å²) in [6.07, 6.45) is 7.56. The minimum absolute atomic E-state index is 0.682. The molecule has 0 aliphatic heterocycles. The van der Waals surface area contributed by atoms with Crippen LogP contribution in [0.3, 0.4) is 0 Å². The van der Waals surface area contributed by atoms with Gasteiger partial charge in [0.1, 0.15) is 0 Å². The molecule has 18 heavy (non-hydrogen) atoms.